The van der Waals surface area contributed by atoms with Gasteiger partial charge in [-0.25, -0.2) is 0 Å². The van der Waals surface area contributed by atoms with Crippen LogP contribution in [0.4, 0.5) is 0 Å². The van der Waals surface area contributed by atoms with Crippen LogP contribution in [-0.4, -0.2) is 14.2 Å². The molecule has 3 rings (SSSR count). The van der Waals surface area contributed by atoms with Gasteiger partial charge in [0.1, 0.15) is 5.75 Å². The number of aryl methyl sites for hydroxylation is 1. The summed E-state index contributed by atoms with van der Waals surface area (Å²) in [6.07, 6.45) is 7.41. The van der Waals surface area contributed by atoms with Gasteiger partial charge in [0, 0.05) is 23.1 Å². The van der Waals surface area contributed by atoms with Gasteiger partial charge in [0.15, 0.2) is 0 Å². The van der Waals surface area contributed by atoms with Crippen molar-refractivity contribution in [2.45, 2.75) is 57.4 Å². The number of hydrogen-bond donors (Lipinski definition) is 1. The summed E-state index contributed by atoms with van der Waals surface area (Å²) in [5.74, 6) is 2.86. The number of ether oxygens (including phenoxy) is 1. The molecule has 0 saturated heterocycles. The average molecular weight is 299 g/mol. The normalized spacial score (nSPS) is 27.9. The predicted octanol–water partition coefficient (Wildman–Crippen LogP) is 4.84. The van der Waals surface area contributed by atoms with Crippen LogP contribution < -0.4 is 10.1 Å². The fourth-order valence-corrected chi connectivity index (χ4v) is 4.85. The van der Waals surface area contributed by atoms with E-state index >= 15 is 0 Å². The van der Waals surface area contributed by atoms with Crippen LogP contribution >= 0.6 is 0 Å². The molecule has 1 aromatic rings. The Balaban J connectivity index is 2.22. The minimum atomic E-state index is 0.319. The minimum absolute atomic E-state index is 0.319. The van der Waals surface area contributed by atoms with Crippen molar-refractivity contribution in [3.8, 4) is 5.75 Å². The molecule has 0 amide bonds. The average Bonchev–Trinajstić information content (AvgIpc) is 2.88. The van der Waals surface area contributed by atoms with Gasteiger partial charge < -0.3 is 10.1 Å². The van der Waals surface area contributed by atoms with Crippen molar-refractivity contribution in [3.63, 3.8) is 0 Å². The Morgan fingerprint density at radius 1 is 1.32 bits per heavy atom. The largest absolute Gasteiger partial charge is 0.496 e. The molecule has 0 heterocycles. The summed E-state index contributed by atoms with van der Waals surface area (Å²) < 4.78 is 5.92. The van der Waals surface area contributed by atoms with Crippen molar-refractivity contribution < 1.29 is 4.74 Å². The molecule has 2 heteroatoms. The van der Waals surface area contributed by atoms with Gasteiger partial charge in [-0.1, -0.05) is 31.9 Å². The van der Waals surface area contributed by atoms with Crippen LogP contribution in [0, 0.1) is 12.8 Å². The van der Waals surface area contributed by atoms with Crippen LogP contribution in [-0.2, 0) is 0 Å². The van der Waals surface area contributed by atoms with Gasteiger partial charge >= 0.3 is 0 Å². The van der Waals surface area contributed by atoms with Gasteiger partial charge in [-0.2, -0.15) is 0 Å². The molecule has 1 saturated carbocycles. The van der Waals surface area contributed by atoms with Crippen LogP contribution in [0.5, 0.6) is 5.75 Å². The number of rotatable bonds is 4. The molecule has 4 unspecified atom stereocenters. The SMILES string of the molecule is C=CC(C)c1cc(C)c2c(c1OC)C(NC)C1CCCCC21. The third-order valence-corrected chi connectivity index (χ3v) is 5.88. The second-order valence-electron chi connectivity index (χ2n) is 6.99. The molecule has 22 heavy (non-hydrogen) atoms. The molecule has 2 nitrogen and oxygen atoms in total. The Labute approximate surface area is 135 Å². The second kappa shape index (κ2) is 6.08. The first-order valence-electron chi connectivity index (χ1n) is 8.65. The maximum absolute atomic E-state index is 5.92. The number of fused-ring (bicyclic) bond motifs is 3. The zero-order chi connectivity index (χ0) is 15.9. The van der Waals surface area contributed by atoms with E-state index < -0.39 is 0 Å². The van der Waals surface area contributed by atoms with Crippen molar-refractivity contribution in [2.24, 2.45) is 5.92 Å². The van der Waals surface area contributed by atoms with E-state index in [0.717, 1.165) is 11.7 Å². The van der Waals surface area contributed by atoms with Gasteiger partial charge in [0.2, 0.25) is 0 Å². The summed E-state index contributed by atoms with van der Waals surface area (Å²) in [5.41, 5.74) is 5.73. The summed E-state index contributed by atoms with van der Waals surface area (Å²) in [4.78, 5) is 0. The van der Waals surface area contributed by atoms with E-state index in [1.54, 1.807) is 5.56 Å². The Morgan fingerprint density at radius 2 is 2.05 bits per heavy atom. The van der Waals surface area contributed by atoms with Crippen LogP contribution in [0.15, 0.2) is 18.7 Å². The van der Waals surface area contributed by atoms with Crippen molar-refractivity contribution in [3.05, 3.63) is 41.0 Å². The molecule has 2 aliphatic rings. The number of allylic oxidation sites excluding steroid dienone is 1. The van der Waals surface area contributed by atoms with Crippen LogP contribution in [0.2, 0.25) is 0 Å². The molecule has 120 valence electrons. The van der Waals surface area contributed by atoms with Crippen molar-refractivity contribution in [1.29, 1.82) is 0 Å². The number of hydrogen-bond acceptors (Lipinski definition) is 2. The van der Waals surface area contributed by atoms with Crippen molar-refractivity contribution in [1.82, 2.24) is 5.32 Å². The molecular weight excluding hydrogens is 270 g/mol. The number of methoxy groups -OCH3 is 1. The summed E-state index contributed by atoms with van der Waals surface area (Å²) in [5, 5.41) is 3.60. The fourth-order valence-electron chi connectivity index (χ4n) is 4.85. The molecule has 0 spiro atoms. The lowest BCUT2D eigenvalue weighted by atomic mass is 9.77. The predicted molar refractivity (Wildman–Crippen MR) is 92.8 cm³/mol. The molecule has 1 aromatic carbocycles. The topological polar surface area (TPSA) is 21.3 Å². The van der Waals surface area contributed by atoms with E-state index in [9.17, 15) is 0 Å². The smallest absolute Gasteiger partial charge is 0.127 e. The van der Waals surface area contributed by atoms with Crippen LogP contribution in [0.1, 0.15) is 72.7 Å². The highest BCUT2D eigenvalue weighted by Gasteiger charge is 2.44. The van der Waals surface area contributed by atoms with Gasteiger partial charge in [-0.15, -0.1) is 6.58 Å². The first-order valence-corrected chi connectivity index (χ1v) is 8.65. The standard InChI is InChI=1S/C20H29NO/c1-6-12(2)16-11-13(3)17-14-9-7-8-10-15(14)19(21-4)18(17)20(16)22-5/h6,11-12,14-15,19,21H,1,7-10H2,2-5H3. The molecule has 0 aromatic heterocycles. The molecule has 1 N–H and O–H groups in total. The van der Waals surface area contributed by atoms with Gasteiger partial charge in [-0.3, -0.25) is 0 Å². The molecule has 2 aliphatic carbocycles. The van der Waals surface area contributed by atoms with Crippen LogP contribution in [0.25, 0.3) is 0 Å². The number of benzene rings is 1. The molecule has 1 fully saturated rings. The zero-order valence-corrected chi connectivity index (χ0v) is 14.4. The van der Waals surface area contributed by atoms with Gasteiger partial charge in [-0.05, 0) is 49.8 Å². The Kier molecular flexibility index (Phi) is 4.31. The maximum atomic E-state index is 5.92. The van der Waals surface area contributed by atoms with Crippen molar-refractivity contribution >= 4 is 0 Å². The minimum Gasteiger partial charge on any atom is -0.496 e. The summed E-state index contributed by atoms with van der Waals surface area (Å²) >= 11 is 0. The van der Waals surface area contributed by atoms with E-state index in [4.69, 9.17) is 4.74 Å². The van der Waals surface area contributed by atoms with Gasteiger partial charge in [0.05, 0.1) is 7.11 Å². The first kappa shape index (κ1) is 15.6. The lowest BCUT2D eigenvalue weighted by Crippen LogP contribution is -2.25. The van der Waals surface area contributed by atoms with E-state index in [-0.39, 0.29) is 0 Å². The van der Waals surface area contributed by atoms with E-state index in [0.29, 0.717) is 17.9 Å². The lowest BCUT2D eigenvalue weighted by Gasteiger charge is -2.29. The highest BCUT2D eigenvalue weighted by Crippen LogP contribution is 2.56. The van der Waals surface area contributed by atoms with E-state index in [2.05, 4.69) is 38.9 Å². The second-order valence-corrected chi connectivity index (χ2v) is 6.99. The Morgan fingerprint density at radius 3 is 2.68 bits per heavy atom. The van der Waals surface area contributed by atoms with Gasteiger partial charge in [0.25, 0.3) is 0 Å². The maximum Gasteiger partial charge on any atom is 0.127 e. The van der Waals surface area contributed by atoms with Crippen molar-refractivity contribution in [2.75, 3.05) is 14.2 Å². The quantitative estimate of drug-likeness (QED) is 0.803. The first-order chi connectivity index (χ1) is 10.6. The molecule has 0 aliphatic heterocycles. The number of nitrogens with one attached hydrogen (secondary N) is 1. The monoisotopic (exact) mass is 299 g/mol. The highest BCUT2D eigenvalue weighted by molar-refractivity contribution is 5.58. The summed E-state index contributed by atoms with van der Waals surface area (Å²) in [7, 11) is 3.92. The fraction of sp³-hybridized carbons (Fsp3) is 0.600. The Hall–Kier alpha value is -1.28. The molecule has 4 atom stereocenters. The summed E-state index contributed by atoms with van der Waals surface area (Å²) in [6.45, 7) is 8.46. The third-order valence-electron chi connectivity index (χ3n) is 5.88. The van der Waals surface area contributed by atoms with E-state index in [1.165, 1.54) is 42.4 Å². The zero-order valence-electron chi connectivity index (χ0n) is 14.4. The third kappa shape index (κ3) is 2.20. The van der Waals surface area contributed by atoms with E-state index in [1.807, 2.05) is 13.2 Å². The molecular formula is C20H29NO. The Bertz CT molecular complexity index is 578. The summed E-state index contributed by atoms with van der Waals surface area (Å²) in [6, 6.07) is 2.78. The molecule has 0 bridgehead atoms. The molecule has 0 radical (unpaired) electrons. The van der Waals surface area contributed by atoms with Crippen LogP contribution in [0.3, 0.4) is 0 Å². The highest BCUT2D eigenvalue weighted by atomic mass is 16.5. The lowest BCUT2D eigenvalue weighted by molar-refractivity contribution is 0.269.